The van der Waals surface area contributed by atoms with Crippen LogP contribution >= 0.6 is 0 Å². The summed E-state index contributed by atoms with van der Waals surface area (Å²) in [7, 11) is 0. The van der Waals surface area contributed by atoms with E-state index in [1.165, 1.54) is 13.8 Å². The van der Waals surface area contributed by atoms with Gasteiger partial charge in [0.25, 0.3) is 5.79 Å². The molecule has 0 saturated carbocycles. The van der Waals surface area contributed by atoms with Gasteiger partial charge in [-0.05, 0) is 13.8 Å². The highest BCUT2D eigenvalue weighted by molar-refractivity contribution is 5.77. The fourth-order valence-corrected chi connectivity index (χ4v) is 14.5. The molecule has 9 heterocycles. The number of nitrogens with one attached hydrogen (secondary N) is 3. The molecule has 46 atom stereocenters. The van der Waals surface area contributed by atoms with Gasteiger partial charge in [-0.3, -0.25) is 14.4 Å². The van der Waals surface area contributed by atoms with Crippen LogP contribution in [0.3, 0.4) is 0 Å². The quantitative estimate of drug-likeness (QED) is 0.0331. The van der Waals surface area contributed by atoms with Crippen LogP contribution in [0.5, 0.6) is 0 Å². The lowest BCUT2D eigenvalue weighted by atomic mass is 9.88. The van der Waals surface area contributed by atoms with Gasteiger partial charge < -0.3 is 229 Å². The van der Waals surface area contributed by atoms with Crippen LogP contribution in [-0.2, 0) is 99.7 Å². The molecular weight excluding hydrogens is 1550 g/mol. The average Bonchev–Trinajstić information content (AvgIpc) is 0.767. The second-order valence-corrected chi connectivity index (χ2v) is 28.9. The smallest absolute Gasteiger partial charge is 0.364 e. The van der Waals surface area contributed by atoms with Crippen LogP contribution in [0.4, 0.5) is 0 Å². The lowest BCUT2D eigenvalue weighted by molar-refractivity contribution is -0.394. The maximum atomic E-state index is 13.6. The molecule has 9 aliphatic rings. The van der Waals surface area contributed by atoms with Gasteiger partial charge >= 0.3 is 5.97 Å². The summed E-state index contributed by atoms with van der Waals surface area (Å²) in [6.45, 7) is -3.11. The molecule has 0 aliphatic carbocycles. The van der Waals surface area contributed by atoms with Crippen molar-refractivity contribution in [3.63, 3.8) is 0 Å². The van der Waals surface area contributed by atoms with Crippen molar-refractivity contribution < 1.29 is 232 Å². The molecule has 29 N–H and O–H groups in total. The first kappa shape index (κ1) is 93.1. The van der Waals surface area contributed by atoms with E-state index in [4.69, 9.17) is 80.5 Å². The number of ether oxygens (including phenoxy) is 17. The van der Waals surface area contributed by atoms with Crippen LogP contribution in [0.15, 0.2) is 0 Å². The molecule has 9 aliphatic heterocycles. The van der Waals surface area contributed by atoms with Crippen LogP contribution in [0.25, 0.3) is 0 Å². The third-order valence-electron chi connectivity index (χ3n) is 20.9. The molecule has 654 valence electrons. The van der Waals surface area contributed by atoms with Gasteiger partial charge in [0.2, 0.25) is 17.7 Å². The van der Waals surface area contributed by atoms with E-state index in [9.17, 15) is 152 Å². The second-order valence-electron chi connectivity index (χ2n) is 28.9. The third-order valence-corrected chi connectivity index (χ3v) is 20.9. The summed E-state index contributed by atoms with van der Waals surface area (Å²) < 4.78 is 100. The fourth-order valence-electron chi connectivity index (χ4n) is 14.5. The normalized spacial score (nSPS) is 49.2. The van der Waals surface area contributed by atoms with Crippen LogP contribution in [0.2, 0.25) is 0 Å². The number of aliphatic carboxylic acids is 1. The van der Waals surface area contributed by atoms with Crippen molar-refractivity contribution in [2.24, 2.45) is 0 Å². The first-order chi connectivity index (χ1) is 53.2. The number of carboxylic acids is 1. The lowest BCUT2D eigenvalue weighted by Gasteiger charge is -2.51. The van der Waals surface area contributed by atoms with E-state index >= 15 is 0 Å². The van der Waals surface area contributed by atoms with E-state index in [2.05, 4.69) is 16.0 Å². The van der Waals surface area contributed by atoms with Crippen LogP contribution in [0, 0.1) is 0 Å². The molecule has 0 spiro atoms. The van der Waals surface area contributed by atoms with E-state index in [1.54, 1.807) is 0 Å². The zero-order valence-corrected chi connectivity index (χ0v) is 60.8. The van der Waals surface area contributed by atoms with E-state index in [1.807, 2.05) is 0 Å². The predicted octanol–water partition coefficient (Wildman–Crippen LogP) is -18.9. The molecule has 0 radical (unpaired) electrons. The maximum Gasteiger partial charge on any atom is 0.364 e. The summed E-state index contributed by atoms with van der Waals surface area (Å²) in [5.74, 6) is -8.35. The second kappa shape index (κ2) is 39.6. The monoisotopic (exact) mass is 1660 g/mol. The van der Waals surface area contributed by atoms with Crippen molar-refractivity contribution in [2.45, 2.75) is 323 Å². The average molecular weight is 1660 g/mol. The molecule has 9 rings (SSSR count). The predicted molar refractivity (Wildman–Crippen MR) is 346 cm³/mol. The Bertz CT molecular complexity index is 3040. The lowest BCUT2D eigenvalue weighted by Crippen LogP contribution is -2.70. The maximum absolute atomic E-state index is 13.6. The molecule has 1 unspecified atom stereocenters. The summed E-state index contributed by atoms with van der Waals surface area (Å²) in [5, 5.41) is 295. The Labute approximate surface area is 639 Å². The number of amides is 3. The van der Waals surface area contributed by atoms with Gasteiger partial charge in [-0.1, -0.05) is 0 Å². The molecule has 50 nitrogen and oxygen atoms in total. The molecule has 0 aromatic carbocycles. The van der Waals surface area contributed by atoms with Crippen molar-refractivity contribution in [1.82, 2.24) is 16.0 Å². The van der Waals surface area contributed by atoms with E-state index in [-0.39, 0.29) is 0 Å². The number of hydrogen-bond donors (Lipinski definition) is 29. The van der Waals surface area contributed by atoms with Crippen LogP contribution in [0.1, 0.15) is 41.0 Å². The molecule has 50 heteroatoms. The Morgan fingerprint density at radius 1 is 0.381 bits per heavy atom. The Kier molecular flexibility index (Phi) is 32.6. The van der Waals surface area contributed by atoms with Gasteiger partial charge in [0.05, 0.1) is 70.6 Å². The number of aliphatic hydroxyl groups is 25. The SMILES string of the molecule is CC(=O)N[C@H]1[C@H](OC[C@H]2O[C@@H](O[C@H]3[C@H](O)[C@@H](O)C(O)O[C@@H]3CO)[C@H](O)[C@@H](O[C@@H]3O[C@H](CO)[C@@H](O[C@@H]4O[C@H](CO)[C@H](O)[C@H](O)[C@H]4O[C@@H]4O[C@@H](C)[C@@H](O)[C@@H](O)[C@@H]4O)[C@H](O)[C@H]3NC(C)=O)[C@H]2O)O[C@H](CO[C@]2(C(=O)O)C[C@H](O)[C@@H](NC(C)=O)[C@H]([C@H](O)[C@H](O)CO)O2)[C@@H](O[C@@H]2O[C@H](CO)[C@H](O)[C@H](O)[C@H]2O[C@@H]2O[C@@H](C)[C@@H](O)[C@@H](O)[C@@H]2O)[C@@H]1O. The summed E-state index contributed by atoms with van der Waals surface area (Å²) in [6.07, 6.45) is -89.2. The van der Waals surface area contributed by atoms with Gasteiger partial charge in [-0.25, -0.2) is 4.79 Å². The number of hydrogen-bond acceptors (Lipinski definition) is 46. The topological polar surface area (TPSA) is 787 Å². The van der Waals surface area contributed by atoms with Crippen molar-refractivity contribution in [1.29, 1.82) is 0 Å². The minimum absolute atomic E-state index is 0.882. The van der Waals surface area contributed by atoms with Crippen molar-refractivity contribution in [3.05, 3.63) is 0 Å². The zero-order valence-electron chi connectivity index (χ0n) is 60.8. The van der Waals surface area contributed by atoms with Gasteiger partial charge in [-0.2, -0.15) is 0 Å². The van der Waals surface area contributed by atoms with Crippen molar-refractivity contribution in [3.8, 4) is 0 Å². The highest BCUT2D eigenvalue weighted by Crippen LogP contribution is 2.41. The summed E-state index contributed by atoms with van der Waals surface area (Å²) in [5.41, 5.74) is 0. The highest BCUT2D eigenvalue weighted by Gasteiger charge is 2.62. The Morgan fingerprint density at radius 3 is 1.24 bits per heavy atom. The van der Waals surface area contributed by atoms with E-state index in [0.717, 1.165) is 20.8 Å². The standard InChI is InChI=1S/C63H105N3O47/c1-14-30(77)38(85)44(91)57(99-14)111-52-40(87)33(80)21(8-68)102-60(52)108-47-24(11-71)104-56(29(37(47)84)66-18(5)74)110-51-35(82)25(105-59(46(51)93)107-48-23(10-70)101-54(94)43(90)42(48)89)12-97-55-28(65-17(4)73)36(83)49(109-61-53(41(88)34(81)22(9-69)103-61)112-58-45(92)39(86)31(78)15(2)100-58)26(106-55)13-98-63(62(95)96)6-19(75)27(64-16(3)72)50(113-63)32(79)20(76)7-67/h14-15,19-61,67-71,75-94H,6-13H2,1-5H3,(H,64,72)(H,65,73)(H,66,74)(H,95,96)/t14-,15-,19-,20+,21+,22+,23+,24+,25+,26+,27+,28+,29+,30+,31+,32+,33-,34-,35-,36+,37+,38+,39+,40-,41-,42+,43+,44-,45-,46+,47+,48+,49+,50+,51-,52+,53+,54?,55+,56-,57-,58-,59-,60-,61-,63+/m0/s1. The summed E-state index contributed by atoms with van der Waals surface area (Å²) in [6, 6.07) is -5.91. The number of carbonyl (C=O) groups excluding carboxylic acids is 3. The highest BCUT2D eigenvalue weighted by atomic mass is 16.8. The molecule has 9 saturated heterocycles. The van der Waals surface area contributed by atoms with Gasteiger partial charge in [0.1, 0.15) is 201 Å². The molecule has 0 aromatic rings. The third kappa shape index (κ3) is 20.3. The summed E-state index contributed by atoms with van der Waals surface area (Å²) >= 11 is 0. The van der Waals surface area contributed by atoms with E-state index < -0.39 is 358 Å². The largest absolute Gasteiger partial charge is 0.477 e. The first-order valence-electron chi connectivity index (χ1n) is 36.0. The van der Waals surface area contributed by atoms with E-state index in [0.29, 0.717) is 0 Å². The first-order valence-corrected chi connectivity index (χ1v) is 36.0. The Hall–Kier alpha value is -3.80. The van der Waals surface area contributed by atoms with Crippen LogP contribution in [-0.4, -0.2) is 484 Å². The minimum Gasteiger partial charge on any atom is -0.477 e. The Morgan fingerprint density at radius 2 is 0.770 bits per heavy atom. The van der Waals surface area contributed by atoms with Gasteiger partial charge in [-0.15, -0.1) is 0 Å². The number of carbonyl (C=O) groups is 4. The van der Waals surface area contributed by atoms with Crippen molar-refractivity contribution >= 4 is 23.7 Å². The fraction of sp³-hybridized carbons (Fsp3) is 0.937. The minimum atomic E-state index is -3.27. The molecule has 0 aromatic heterocycles. The molecule has 113 heavy (non-hydrogen) atoms. The number of carboxylic acid groups (broad SMARTS) is 1. The van der Waals surface area contributed by atoms with Crippen molar-refractivity contribution in [2.75, 3.05) is 46.2 Å². The van der Waals surface area contributed by atoms with Crippen LogP contribution < -0.4 is 16.0 Å². The molecule has 0 bridgehead atoms. The van der Waals surface area contributed by atoms with Gasteiger partial charge in [0.15, 0.2) is 50.3 Å². The number of aliphatic hydroxyl groups excluding tert-OH is 25. The molecule has 3 amide bonds. The summed E-state index contributed by atoms with van der Waals surface area (Å²) in [4.78, 5) is 52.5. The van der Waals surface area contributed by atoms with Gasteiger partial charge in [0, 0.05) is 27.2 Å². The Balaban J connectivity index is 1.07. The molecule has 9 fully saturated rings. The molecular formula is C63H105N3O47. The zero-order chi connectivity index (χ0) is 83.6. The number of rotatable bonds is 29.